The zero-order chi connectivity index (χ0) is 20.3. The summed E-state index contributed by atoms with van der Waals surface area (Å²) in [6.07, 6.45) is -3.59. The number of rotatable bonds is 10. The Balaban J connectivity index is 2.53. The highest BCUT2D eigenvalue weighted by atomic mass is 19.4. The molecule has 0 amide bonds. The summed E-state index contributed by atoms with van der Waals surface area (Å²) in [5.41, 5.74) is 0.953. The Hall–Kier alpha value is -2.16. The van der Waals surface area contributed by atoms with Crippen LogP contribution in [0.2, 0.25) is 0 Å². The quantitative estimate of drug-likeness (QED) is 0.365. The Kier molecular flexibility index (Phi) is 9.77. The van der Waals surface area contributed by atoms with Gasteiger partial charge in [0.1, 0.15) is 0 Å². The normalized spacial score (nSPS) is 12.2. The highest BCUT2D eigenvalue weighted by molar-refractivity contribution is 5.79. The first-order valence-electron chi connectivity index (χ1n) is 8.77. The first-order chi connectivity index (χ1) is 12.8. The molecule has 0 bridgehead atoms. The van der Waals surface area contributed by atoms with Crippen LogP contribution in [0, 0.1) is 0 Å². The number of guanidine groups is 1. The van der Waals surface area contributed by atoms with E-state index in [0.29, 0.717) is 50.1 Å². The molecule has 27 heavy (non-hydrogen) atoms. The minimum Gasteiger partial charge on any atom is -0.493 e. The van der Waals surface area contributed by atoms with Crippen molar-refractivity contribution in [2.45, 2.75) is 26.1 Å². The summed E-state index contributed by atoms with van der Waals surface area (Å²) in [4.78, 5) is 5.75. The maximum absolute atomic E-state index is 12.3. The minimum atomic E-state index is -4.17. The molecular weight excluding hydrogens is 361 g/mol. The number of aliphatic imine (C=N–C) groups is 1. The van der Waals surface area contributed by atoms with Crippen molar-refractivity contribution in [2.24, 2.45) is 4.99 Å². The maximum Gasteiger partial charge on any atom is 0.401 e. The number of hydrogen-bond acceptors (Lipinski definition) is 4. The molecule has 1 aromatic rings. The van der Waals surface area contributed by atoms with Crippen LogP contribution in [0.5, 0.6) is 11.5 Å². The number of hydrogen-bond donors (Lipinski definition) is 2. The number of benzene rings is 1. The second kappa shape index (κ2) is 11.5. The highest BCUT2D eigenvalue weighted by Crippen LogP contribution is 2.27. The molecule has 1 rings (SSSR count). The van der Waals surface area contributed by atoms with Gasteiger partial charge in [-0.05, 0) is 44.6 Å². The summed E-state index contributed by atoms with van der Waals surface area (Å²) in [6.45, 7) is 3.04. The average Bonchev–Trinajstić information content (AvgIpc) is 2.61. The van der Waals surface area contributed by atoms with E-state index in [1.165, 1.54) is 11.9 Å². The van der Waals surface area contributed by atoms with Gasteiger partial charge in [0.15, 0.2) is 17.5 Å². The Morgan fingerprint density at radius 2 is 1.85 bits per heavy atom. The molecule has 0 unspecified atom stereocenters. The van der Waals surface area contributed by atoms with Crippen molar-refractivity contribution in [1.82, 2.24) is 15.5 Å². The molecule has 0 aromatic heterocycles. The molecule has 0 spiro atoms. The lowest BCUT2D eigenvalue weighted by Crippen LogP contribution is -2.39. The van der Waals surface area contributed by atoms with E-state index in [4.69, 9.17) is 9.47 Å². The average molecular weight is 390 g/mol. The predicted molar refractivity (Wildman–Crippen MR) is 101 cm³/mol. The van der Waals surface area contributed by atoms with Gasteiger partial charge in [0.05, 0.1) is 27.3 Å². The topological polar surface area (TPSA) is 58.1 Å². The zero-order valence-electron chi connectivity index (χ0n) is 16.3. The van der Waals surface area contributed by atoms with Crippen molar-refractivity contribution in [3.63, 3.8) is 0 Å². The summed E-state index contributed by atoms with van der Waals surface area (Å²) in [5.74, 6) is 1.90. The van der Waals surface area contributed by atoms with E-state index in [9.17, 15) is 13.2 Å². The van der Waals surface area contributed by atoms with E-state index >= 15 is 0 Å². The first kappa shape index (κ1) is 22.9. The third-order valence-electron chi connectivity index (χ3n) is 3.67. The van der Waals surface area contributed by atoms with Gasteiger partial charge in [-0.2, -0.15) is 13.2 Å². The minimum absolute atomic E-state index is 0.349. The summed E-state index contributed by atoms with van der Waals surface area (Å²) >= 11 is 0. The van der Waals surface area contributed by atoms with Gasteiger partial charge in [-0.3, -0.25) is 4.90 Å². The van der Waals surface area contributed by atoms with E-state index < -0.39 is 12.7 Å². The first-order valence-corrected chi connectivity index (χ1v) is 8.77. The Morgan fingerprint density at radius 3 is 2.44 bits per heavy atom. The van der Waals surface area contributed by atoms with Crippen LogP contribution < -0.4 is 20.1 Å². The third kappa shape index (κ3) is 9.37. The van der Waals surface area contributed by atoms with Crippen molar-refractivity contribution < 1.29 is 22.6 Å². The lowest BCUT2D eigenvalue weighted by Gasteiger charge is -2.19. The molecule has 0 fully saturated rings. The van der Waals surface area contributed by atoms with Crippen LogP contribution >= 0.6 is 0 Å². The van der Waals surface area contributed by atoms with E-state index in [0.717, 1.165) is 5.56 Å². The molecule has 0 saturated heterocycles. The standard InChI is InChI=1S/C18H29F3N4O2/c1-5-22-17(23-9-6-10-25(2)13-18(19,20)21)24-12-14-7-8-15(26-3)16(11-14)27-4/h7-8,11H,5-6,9-10,12-13H2,1-4H3,(H2,22,23,24). The van der Waals surface area contributed by atoms with Crippen LogP contribution in [0.1, 0.15) is 18.9 Å². The van der Waals surface area contributed by atoms with Crippen LogP contribution in [0.3, 0.4) is 0 Å². The van der Waals surface area contributed by atoms with E-state index in [1.807, 2.05) is 25.1 Å². The molecule has 154 valence electrons. The van der Waals surface area contributed by atoms with E-state index in [1.54, 1.807) is 14.2 Å². The van der Waals surface area contributed by atoms with Gasteiger partial charge < -0.3 is 20.1 Å². The van der Waals surface area contributed by atoms with E-state index in [-0.39, 0.29) is 0 Å². The Morgan fingerprint density at radius 1 is 1.15 bits per heavy atom. The monoisotopic (exact) mass is 390 g/mol. The van der Waals surface area contributed by atoms with Crippen molar-refractivity contribution in [3.05, 3.63) is 23.8 Å². The number of alkyl halides is 3. The molecule has 0 aliphatic rings. The molecular formula is C18H29F3N4O2. The fourth-order valence-electron chi connectivity index (χ4n) is 2.43. The smallest absolute Gasteiger partial charge is 0.401 e. The van der Waals surface area contributed by atoms with Crippen LogP contribution in [0.4, 0.5) is 13.2 Å². The maximum atomic E-state index is 12.3. The second-order valence-electron chi connectivity index (χ2n) is 6.02. The van der Waals surface area contributed by atoms with Gasteiger partial charge in [-0.15, -0.1) is 0 Å². The molecule has 0 saturated carbocycles. The molecule has 0 heterocycles. The van der Waals surface area contributed by atoms with Gasteiger partial charge in [-0.25, -0.2) is 4.99 Å². The Labute approximate surface area is 158 Å². The molecule has 0 aliphatic heterocycles. The molecule has 0 atom stereocenters. The van der Waals surface area contributed by atoms with E-state index in [2.05, 4.69) is 15.6 Å². The summed E-state index contributed by atoms with van der Waals surface area (Å²) in [6, 6.07) is 5.58. The number of methoxy groups -OCH3 is 2. The lowest BCUT2D eigenvalue weighted by atomic mass is 10.2. The fourth-order valence-corrected chi connectivity index (χ4v) is 2.43. The summed E-state index contributed by atoms with van der Waals surface area (Å²) < 4.78 is 47.4. The SMILES string of the molecule is CCNC(=NCc1ccc(OC)c(OC)c1)NCCCN(C)CC(F)(F)F. The van der Waals surface area contributed by atoms with Crippen molar-refractivity contribution in [3.8, 4) is 11.5 Å². The predicted octanol–water partition coefficient (Wildman–Crippen LogP) is 2.64. The van der Waals surface area contributed by atoms with Crippen LogP contribution in [0.15, 0.2) is 23.2 Å². The van der Waals surface area contributed by atoms with Gasteiger partial charge in [-0.1, -0.05) is 6.07 Å². The van der Waals surface area contributed by atoms with Crippen molar-refractivity contribution >= 4 is 5.96 Å². The van der Waals surface area contributed by atoms with Gasteiger partial charge >= 0.3 is 6.18 Å². The number of nitrogens with one attached hydrogen (secondary N) is 2. The number of halogens is 3. The zero-order valence-corrected chi connectivity index (χ0v) is 16.3. The second-order valence-corrected chi connectivity index (χ2v) is 6.02. The van der Waals surface area contributed by atoms with Crippen molar-refractivity contribution in [1.29, 1.82) is 0 Å². The molecule has 2 N–H and O–H groups in total. The molecule has 1 aromatic carbocycles. The molecule has 0 aliphatic carbocycles. The number of ether oxygens (including phenoxy) is 2. The van der Waals surface area contributed by atoms with Crippen LogP contribution in [-0.4, -0.2) is 64.5 Å². The molecule has 6 nitrogen and oxygen atoms in total. The largest absolute Gasteiger partial charge is 0.493 e. The van der Waals surface area contributed by atoms with Crippen molar-refractivity contribution in [2.75, 3.05) is 47.4 Å². The Bertz CT molecular complexity index is 594. The fraction of sp³-hybridized carbons (Fsp3) is 0.611. The van der Waals surface area contributed by atoms with Gasteiger partial charge in [0.25, 0.3) is 0 Å². The van der Waals surface area contributed by atoms with Gasteiger partial charge in [0, 0.05) is 13.1 Å². The lowest BCUT2D eigenvalue weighted by molar-refractivity contribution is -0.143. The molecule has 9 heteroatoms. The number of nitrogens with zero attached hydrogens (tertiary/aromatic N) is 2. The van der Waals surface area contributed by atoms with Crippen LogP contribution in [0.25, 0.3) is 0 Å². The summed E-state index contributed by atoms with van der Waals surface area (Å²) in [5, 5.41) is 6.26. The van der Waals surface area contributed by atoms with Crippen LogP contribution in [-0.2, 0) is 6.54 Å². The molecule has 0 radical (unpaired) electrons. The summed E-state index contributed by atoms with van der Waals surface area (Å²) in [7, 11) is 4.62. The third-order valence-corrected chi connectivity index (χ3v) is 3.67. The highest BCUT2D eigenvalue weighted by Gasteiger charge is 2.28. The van der Waals surface area contributed by atoms with Gasteiger partial charge in [0.2, 0.25) is 0 Å².